The number of sulfonamides is 1. The van der Waals surface area contributed by atoms with Crippen LogP contribution in [-0.4, -0.2) is 24.0 Å². The van der Waals surface area contributed by atoms with E-state index in [1.807, 2.05) is 0 Å². The minimum absolute atomic E-state index is 0.0225. The molecule has 0 radical (unpaired) electrons. The Morgan fingerprint density at radius 3 is 2.27 bits per heavy atom. The molecule has 0 saturated heterocycles. The van der Waals surface area contributed by atoms with Crippen LogP contribution in [-0.2, 0) is 16.6 Å². The first-order chi connectivity index (χ1) is 12.4. The van der Waals surface area contributed by atoms with Gasteiger partial charge in [-0.25, -0.2) is 13.1 Å². The maximum atomic E-state index is 11.9. The molecule has 26 heavy (non-hydrogen) atoms. The Balaban J connectivity index is 1.64. The van der Waals surface area contributed by atoms with Crippen LogP contribution in [0.2, 0.25) is 10.2 Å². The van der Waals surface area contributed by atoms with E-state index in [0.29, 0.717) is 27.9 Å². The lowest BCUT2D eigenvalue weighted by Crippen LogP contribution is -2.28. The number of anilines is 1. The fourth-order valence-corrected chi connectivity index (χ4v) is 4.12. The number of ether oxygens (including phenoxy) is 1. The summed E-state index contributed by atoms with van der Waals surface area (Å²) in [5.74, 6) is 1.66. The van der Waals surface area contributed by atoms with Crippen LogP contribution >= 0.6 is 23.2 Å². The molecule has 134 valence electrons. The fourth-order valence-electron chi connectivity index (χ4n) is 2.69. The molecule has 1 N–H and O–H groups in total. The van der Waals surface area contributed by atoms with E-state index in [9.17, 15) is 8.42 Å². The number of rotatable bonds is 3. The van der Waals surface area contributed by atoms with Gasteiger partial charge in [-0.15, -0.1) is 0 Å². The highest BCUT2D eigenvalue weighted by molar-refractivity contribution is 7.92. The van der Waals surface area contributed by atoms with E-state index >= 15 is 0 Å². The molecule has 0 saturated carbocycles. The largest absolute Gasteiger partial charge is 0.457 e. The van der Waals surface area contributed by atoms with E-state index in [1.165, 1.54) is 0 Å². The molecule has 0 bridgehead atoms. The first-order valence-corrected chi connectivity index (χ1v) is 10.1. The Bertz CT molecular complexity index is 1060. The molecule has 1 aliphatic heterocycles. The van der Waals surface area contributed by atoms with Crippen molar-refractivity contribution in [1.82, 2.24) is 9.78 Å². The summed E-state index contributed by atoms with van der Waals surface area (Å²) in [5, 5.41) is 5.08. The lowest BCUT2D eigenvalue weighted by Gasteiger charge is -2.17. The van der Waals surface area contributed by atoms with Crippen LogP contribution in [0.5, 0.6) is 11.5 Å². The second-order valence-corrected chi connectivity index (χ2v) is 8.38. The molecule has 0 fully saturated rings. The van der Waals surface area contributed by atoms with Gasteiger partial charge in [0, 0.05) is 5.02 Å². The average molecular weight is 410 g/mol. The smallest absolute Gasteiger partial charge is 0.235 e. The van der Waals surface area contributed by atoms with Gasteiger partial charge in [-0.1, -0.05) is 35.3 Å². The van der Waals surface area contributed by atoms with Crippen molar-refractivity contribution < 1.29 is 13.2 Å². The Kier molecular flexibility index (Phi) is 4.30. The van der Waals surface area contributed by atoms with Gasteiger partial charge in [-0.05, 0) is 42.0 Å². The molecule has 4 rings (SSSR count). The van der Waals surface area contributed by atoms with Crippen LogP contribution in [0.15, 0.2) is 48.5 Å². The van der Waals surface area contributed by atoms with E-state index in [2.05, 4.69) is 9.82 Å². The van der Waals surface area contributed by atoms with E-state index < -0.39 is 10.0 Å². The topological polar surface area (TPSA) is 73.2 Å². The summed E-state index contributed by atoms with van der Waals surface area (Å²) in [6, 6.07) is 14.2. The number of hydrogen-bond donors (Lipinski definition) is 1. The fraction of sp³-hybridized carbons (Fsp3) is 0.118. The van der Waals surface area contributed by atoms with Gasteiger partial charge in [-0.3, -0.25) is 4.72 Å². The molecule has 0 amide bonds. The summed E-state index contributed by atoms with van der Waals surface area (Å²) in [6.45, 7) is 0.266. The summed E-state index contributed by atoms with van der Waals surface area (Å²) in [5.41, 5.74) is 1.29. The Hall–Kier alpha value is -2.22. The molecule has 1 aliphatic rings. The van der Waals surface area contributed by atoms with E-state index in [0.717, 1.165) is 5.56 Å². The maximum Gasteiger partial charge on any atom is 0.235 e. The maximum absolute atomic E-state index is 11.9. The van der Waals surface area contributed by atoms with E-state index in [1.54, 1.807) is 53.2 Å². The van der Waals surface area contributed by atoms with Gasteiger partial charge in [0.05, 0.1) is 17.9 Å². The minimum Gasteiger partial charge on any atom is -0.457 e. The molecule has 1 aromatic heterocycles. The molecule has 0 spiro atoms. The lowest BCUT2D eigenvalue weighted by atomic mass is 10.1. The van der Waals surface area contributed by atoms with Crippen LogP contribution in [0.25, 0.3) is 11.1 Å². The predicted octanol–water partition coefficient (Wildman–Crippen LogP) is 4.40. The molecular formula is C17H13Cl2N3O3S. The van der Waals surface area contributed by atoms with Crippen molar-refractivity contribution in [2.45, 2.75) is 6.54 Å². The SMILES string of the molecule is O=S1(=O)CCn2nc(Cl)c(-c3ccc(Oc4ccc(Cl)cc4)cc3)c2N1. The molecule has 3 aromatic rings. The van der Waals surface area contributed by atoms with Crippen molar-refractivity contribution in [3.8, 4) is 22.6 Å². The van der Waals surface area contributed by atoms with E-state index in [4.69, 9.17) is 27.9 Å². The Labute approximate surface area is 160 Å². The number of halogens is 2. The zero-order valence-electron chi connectivity index (χ0n) is 13.3. The molecular weight excluding hydrogens is 397 g/mol. The Morgan fingerprint density at radius 2 is 1.62 bits per heavy atom. The highest BCUT2D eigenvalue weighted by Crippen LogP contribution is 2.37. The van der Waals surface area contributed by atoms with Crippen molar-refractivity contribution in [3.05, 3.63) is 58.7 Å². The van der Waals surface area contributed by atoms with Crippen LogP contribution in [0.4, 0.5) is 5.82 Å². The average Bonchev–Trinajstić information content (AvgIpc) is 2.92. The summed E-state index contributed by atoms with van der Waals surface area (Å²) in [4.78, 5) is 0. The molecule has 2 heterocycles. The number of aryl methyl sites for hydroxylation is 1. The summed E-state index contributed by atoms with van der Waals surface area (Å²) in [7, 11) is -3.37. The second-order valence-electron chi connectivity index (χ2n) is 5.74. The van der Waals surface area contributed by atoms with Crippen molar-refractivity contribution in [2.75, 3.05) is 10.5 Å². The second kappa shape index (κ2) is 6.50. The molecule has 6 nitrogen and oxygen atoms in total. The number of hydrogen-bond acceptors (Lipinski definition) is 4. The predicted molar refractivity (Wildman–Crippen MR) is 102 cm³/mol. The number of fused-ring (bicyclic) bond motifs is 1. The third-order valence-corrected chi connectivity index (χ3v) is 5.67. The molecule has 2 aromatic carbocycles. The van der Waals surface area contributed by atoms with Crippen molar-refractivity contribution in [3.63, 3.8) is 0 Å². The van der Waals surface area contributed by atoms with Gasteiger partial charge in [0.15, 0.2) is 5.15 Å². The first kappa shape index (κ1) is 17.2. The van der Waals surface area contributed by atoms with Gasteiger partial charge in [0.2, 0.25) is 10.0 Å². The zero-order valence-corrected chi connectivity index (χ0v) is 15.6. The summed E-state index contributed by atoms with van der Waals surface area (Å²) >= 11 is 12.1. The standard InChI is InChI=1S/C17H13Cl2N3O3S/c18-12-3-7-14(8-4-12)25-13-5-1-11(2-6-13)15-16(19)20-22-9-10-26(23,24)21-17(15)22/h1-8,21H,9-10H2. The zero-order chi connectivity index (χ0) is 18.3. The number of benzene rings is 2. The van der Waals surface area contributed by atoms with Crippen LogP contribution in [0.3, 0.4) is 0 Å². The molecule has 9 heteroatoms. The van der Waals surface area contributed by atoms with Gasteiger partial charge < -0.3 is 4.74 Å². The number of nitrogens with zero attached hydrogens (tertiary/aromatic N) is 2. The number of nitrogens with one attached hydrogen (secondary N) is 1. The van der Waals surface area contributed by atoms with Gasteiger partial charge in [-0.2, -0.15) is 5.10 Å². The number of aromatic nitrogens is 2. The monoisotopic (exact) mass is 409 g/mol. The quantitative estimate of drug-likeness (QED) is 0.695. The first-order valence-electron chi connectivity index (χ1n) is 7.72. The highest BCUT2D eigenvalue weighted by Gasteiger charge is 2.27. The van der Waals surface area contributed by atoms with Gasteiger partial charge >= 0.3 is 0 Å². The van der Waals surface area contributed by atoms with Gasteiger partial charge in [0.25, 0.3) is 0 Å². The highest BCUT2D eigenvalue weighted by atomic mass is 35.5. The molecule has 0 aliphatic carbocycles. The van der Waals surface area contributed by atoms with Crippen molar-refractivity contribution in [2.24, 2.45) is 0 Å². The third kappa shape index (κ3) is 3.38. The van der Waals surface area contributed by atoms with Crippen LogP contribution in [0, 0.1) is 0 Å². The summed E-state index contributed by atoms with van der Waals surface area (Å²) < 4.78 is 33.6. The Morgan fingerprint density at radius 1 is 1.00 bits per heavy atom. The lowest BCUT2D eigenvalue weighted by molar-refractivity contribution is 0.483. The van der Waals surface area contributed by atoms with Gasteiger partial charge in [0.1, 0.15) is 17.3 Å². The molecule has 0 unspecified atom stereocenters. The molecule has 0 atom stereocenters. The van der Waals surface area contributed by atoms with Crippen molar-refractivity contribution >= 4 is 39.0 Å². The van der Waals surface area contributed by atoms with Crippen LogP contribution in [0.1, 0.15) is 0 Å². The third-order valence-electron chi connectivity index (χ3n) is 3.93. The van der Waals surface area contributed by atoms with Crippen LogP contribution < -0.4 is 9.46 Å². The van der Waals surface area contributed by atoms with Crippen molar-refractivity contribution in [1.29, 1.82) is 0 Å². The summed E-state index contributed by atoms with van der Waals surface area (Å²) in [6.07, 6.45) is 0. The van der Waals surface area contributed by atoms with E-state index in [-0.39, 0.29) is 17.5 Å². The normalized spacial score (nSPS) is 15.2. The minimum atomic E-state index is -3.37.